The van der Waals surface area contributed by atoms with E-state index >= 15 is 0 Å². The molecule has 466 valence electrons. The molecule has 100 heavy (non-hydrogen) atoms. The first-order valence-electron chi connectivity index (χ1n) is 34.0. The Morgan fingerprint density at radius 3 is 1.11 bits per heavy atom. The van der Waals surface area contributed by atoms with Crippen molar-refractivity contribution in [2.24, 2.45) is 0 Å². The lowest BCUT2D eigenvalue weighted by Gasteiger charge is -2.44. The molecule has 17 aromatic rings. The standard InChI is InChI=1S/C92H60BN7/c1-7-25-61(26-8-1)68-47-52-83-74(56-68)75-57-69(62-27-9-2-10-28-62)48-53-84(75)100(83)85-54-49-71(82-59-79(64-29-11-3-12-30-64)94-91(95-82)66-33-15-5-16-34-66)58-76(85)92-96-80(65-31-13-4-14-32-65)60-81(97-92)70-36-23-35-67(55-70)63-45-50-73(51-46-63)99-87-42-22-20-40-78(87)93-77-39-19-21-41-86(77)98(72-37-17-6-18-38-72)88-43-24-44-89(99)90(88)93/h1-60H. The van der Waals surface area contributed by atoms with Crippen molar-refractivity contribution >= 4 is 79.0 Å². The number of aromatic nitrogens is 5. The summed E-state index contributed by atoms with van der Waals surface area (Å²) in [4.78, 5) is 26.9. The highest BCUT2D eigenvalue weighted by molar-refractivity contribution is 7.00. The number of hydrogen-bond donors (Lipinski definition) is 0. The molecule has 0 bridgehead atoms. The molecule has 0 radical (unpaired) electrons. The van der Waals surface area contributed by atoms with Gasteiger partial charge in [-0.2, -0.15) is 0 Å². The van der Waals surface area contributed by atoms with Crippen LogP contribution in [0, 0.1) is 0 Å². The lowest BCUT2D eigenvalue weighted by atomic mass is 9.33. The summed E-state index contributed by atoms with van der Waals surface area (Å²) in [5.41, 5.74) is 29.5. The van der Waals surface area contributed by atoms with Crippen LogP contribution < -0.4 is 26.2 Å². The number of hydrogen-bond acceptors (Lipinski definition) is 6. The van der Waals surface area contributed by atoms with Crippen LogP contribution in [0.1, 0.15) is 0 Å². The fourth-order valence-electron chi connectivity index (χ4n) is 15.1. The molecule has 3 aromatic heterocycles. The second-order valence-electron chi connectivity index (χ2n) is 25.7. The largest absolute Gasteiger partial charge is 0.311 e. The number of rotatable bonds is 12. The van der Waals surface area contributed by atoms with E-state index in [0.717, 1.165) is 128 Å². The first kappa shape index (κ1) is 58.1. The van der Waals surface area contributed by atoms with E-state index in [1.807, 2.05) is 24.3 Å². The first-order chi connectivity index (χ1) is 49.6. The van der Waals surface area contributed by atoms with Gasteiger partial charge in [0.15, 0.2) is 11.6 Å². The normalized spacial score (nSPS) is 12.1. The predicted octanol–water partition coefficient (Wildman–Crippen LogP) is 21.4. The number of nitrogens with zero attached hydrogens (tertiary/aromatic N) is 7. The van der Waals surface area contributed by atoms with E-state index in [0.29, 0.717) is 11.6 Å². The Morgan fingerprint density at radius 2 is 0.580 bits per heavy atom. The van der Waals surface area contributed by atoms with Crippen LogP contribution >= 0.6 is 0 Å². The second kappa shape index (κ2) is 24.4. The maximum Gasteiger partial charge on any atom is 0.252 e. The Balaban J connectivity index is 0.775. The van der Waals surface area contributed by atoms with Gasteiger partial charge in [-0.25, -0.2) is 19.9 Å². The van der Waals surface area contributed by atoms with E-state index in [1.54, 1.807) is 0 Å². The molecule has 0 atom stereocenters. The third-order valence-corrected chi connectivity index (χ3v) is 19.8. The number of fused-ring (bicyclic) bond motifs is 7. The minimum absolute atomic E-state index is 0.0628. The highest BCUT2D eigenvalue weighted by atomic mass is 15.2. The van der Waals surface area contributed by atoms with Gasteiger partial charge >= 0.3 is 0 Å². The second-order valence-corrected chi connectivity index (χ2v) is 25.7. The van der Waals surface area contributed by atoms with Crippen LogP contribution in [0.4, 0.5) is 34.1 Å². The SMILES string of the molecule is c1ccc(-c2ccc3c(c2)c2cc(-c4ccccc4)ccc2n3-c2ccc(-c3cc(-c4ccccc4)nc(-c4ccccc4)n3)cc2-c2nc(-c3ccccc3)cc(-c3cccc(-c4ccc(N5c6ccccc6B6c7ccccc7N(c7ccccc7)c7cccc5c76)cc4)c3)n2)cc1. The van der Waals surface area contributed by atoms with Crippen molar-refractivity contribution < 1.29 is 0 Å². The van der Waals surface area contributed by atoms with Crippen LogP contribution in [0.3, 0.4) is 0 Å². The van der Waals surface area contributed by atoms with E-state index in [4.69, 9.17) is 19.9 Å². The lowest BCUT2D eigenvalue weighted by molar-refractivity contribution is 1.13. The monoisotopic (exact) mass is 1270 g/mol. The van der Waals surface area contributed by atoms with E-state index in [1.165, 1.54) is 39.1 Å². The van der Waals surface area contributed by atoms with Gasteiger partial charge in [0, 0.05) is 78.3 Å². The maximum absolute atomic E-state index is 5.75. The number of para-hydroxylation sites is 3. The van der Waals surface area contributed by atoms with Gasteiger partial charge in [0.1, 0.15) is 0 Å². The van der Waals surface area contributed by atoms with Gasteiger partial charge < -0.3 is 14.4 Å². The van der Waals surface area contributed by atoms with Crippen LogP contribution in [0.25, 0.3) is 129 Å². The third-order valence-electron chi connectivity index (χ3n) is 19.8. The van der Waals surface area contributed by atoms with Gasteiger partial charge in [0.05, 0.1) is 39.5 Å². The molecule has 2 aliphatic heterocycles. The molecule has 0 N–H and O–H groups in total. The molecule has 0 saturated heterocycles. The molecular weight excluding hydrogens is 1210 g/mol. The predicted molar refractivity (Wildman–Crippen MR) is 415 cm³/mol. The highest BCUT2D eigenvalue weighted by Gasteiger charge is 2.43. The first-order valence-corrected chi connectivity index (χ1v) is 34.0. The van der Waals surface area contributed by atoms with Gasteiger partial charge in [0.2, 0.25) is 0 Å². The Labute approximate surface area is 580 Å². The molecule has 0 unspecified atom stereocenters. The van der Waals surface area contributed by atoms with Gasteiger partial charge in [-0.05, 0) is 153 Å². The van der Waals surface area contributed by atoms with Crippen molar-refractivity contribution in [2.45, 2.75) is 0 Å². The van der Waals surface area contributed by atoms with Crippen LogP contribution in [0.5, 0.6) is 0 Å². The Hall–Kier alpha value is -13.3. The minimum Gasteiger partial charge on any atom is -0.311 e. The van der Waals surface area contributed by atoms with Gasteiger partial charge in [-0.1, -0.05) is 261 Å². The summed E-state index contributed by atoms with van der Waals surface area (Å²) >= 11 is 0. The molecule has 19 rings (SSSR count). The summed E-state index contributed by atoms with van der Waals surface area (Å²) in [5, 5.41) is 2.28. The zero-order valence-electron chi connectivity index (χ0n) is 54.3. The summed E-state index contributed by atoms with van der Waals surface area (Å²) in [6.07, 6.45) is 0. The van der Waals surface area contributed by atoms with Crippen molar-refractivity contribution in [3.05, 3.63) is 364 Å². The van der Waals surface area contributed by atoms with Crippen LogP contribution in [-0.2, 0) is 0 Å². The molecule has 0 aliphatic carbocycles. The Morgan fingerprint density at radius 1 is 0.220 bits per heavy atom. The number of anilines is 6. The Kier molecular flexibility index (Phi) is 14.2. The van der Waals surface area contributed by atoms with E-state index in [2.05, 4.69) is 354 Å². The van der Waals surface area contributed by atoms with Crippen LogP contribution in [0.2, 0.25) is 0 Å². The van der Waals surface area contributed by atoms with Crippen molar-refractivity contribution in [1.82, 2.24) is 24.5 Å². The quantitative estimate of drug-likeness (QED) is 0.114. The molecule has 0 spiro atoms. The van der Waals surface area contributed by atoms with Crippen molar-refractivity contribution in [2.75, 3.05) is 9.80 Å². The molecule has 0 saturated carbocycles. The zero-order chi connectivity index (χ0) is 66.0. The fourth-order valence-corrected chi connectivity index (χ4v) is 15.1. The zero-order valence-corrected chi connectivity index (χ0v) is 54.3. The summed E-state index contributed by atoms with van der Waals surface area (Å²) in [6, 6.07) is 130. The summed E-state index contributed by atoms with van der Waals surface area (Å²) in [5.74, 6) is 1.21. The average Bonchev–Trinajstić information content (AvgIpc) is 0.841. The summed E-state index contributed by atoms with van der Waals surface area (Å²) in [6.45, 7) is 0.0628. The molecule has 2 aliphatic rings. The molecule has 14 aromatic carbocycles. The topological polar surface area (TPSA) is 63.0 Å². The smallest absolute Gasteiger partial charge is 0.252 e. The van der Waals surface area contributed by atoms with Crippen molar-refractivity contribution in [3.63, 3.8) is 0 Å². The van der Waals surface area contributed by atoms with Crippen LogP contribution in [-0.4, -0.2) is 31.2 Å². The molecular formula is C92H60BN7. The molecule has 7 nitrogen and oxygen atoms in total. The summed E-state index contributed by atoms with van der Waals surface area (Å²) in [7, 11) is 0. The molecule has 8 heteroatoms. The van der Waals surface area contributed by atoms with Gasteiger partial charge in [0.25, 0.3) is 6.71 Å². The minimum atomic E-state index is 0.0628. The van der Waals surface area contributed by atoms with Crippen molar-refractivity contribution in [1.29, 1.82) is 0 Å². The number of benzene rings is 14. The molecule has 0 amide bonds. The van der Waals surface area contributed by atoms with E-state index < -0.39 is 0 Å². The Bertz CT molecular complexity index is 5810. The highest BCUT2D eigenvalue weighted by Crippen LogP contribution is 2.46. The third kappa shape index (κ3) is 10.2. The molecule has 5 heterocycles. The fraction of sp³-hybridized carbons (Fsp3) is 0. The molecule has 0 fully saturated rings. The average molecular weight is 1270 g/mol. The van der Waals surface area contributed by atoms with Crippen LogP contribution in [0.15, 0.2) is 364 Å². The summed E-state index contributed by atoms with van der Waals surface area (Å²) < 4.78 is 2.41. The van der Waals surface area contributed by atoms with E-state index in [9.17, 15) is 0 Å². The van der Waals surface area contributed by atoms with Gasteiger partial charge in [-0.3, -0.25) is 0 Å². The maximum atomic E-state index is 5.75. The lowest BCUT2D eigenvalue weighted by Crippen LogP contribution is -2.61. The van der Waals surface area contributed by atoms with Crippen molar-refractivity contribution in [3.8, 4) is 107 Å². The van der Waals surface area contributed by atoms with E-state index in [-0.39, 0.29) is 6.71 Å². The van der Waals surface area contributed by atoms with Gasteiger partial charge in [-0.15, -0.1) is 0 Å².